The van der Waals surface area contributed by atoms with Crippen molar-refractivity contribution in [3.8, 4) is 11.5 Å². The lowest BCUT2D eigenvalue weighted by atomic mass is 10.1. The highest BCUT2D eigenvalue weighted by Crippen LogP contribution is 2.36. The van der Waals surface area contributed by atoms with Gasteiger partial charge in [-0.05, 0) is 30.5 Å². The first-order chi connectivity index (χ1) is 13.9. The van der Waals surface area contributed by atoms with Crippen molar-refractivity contribution in [2.45, 2.75) is 25.4 Å². The summed E-state index contributed by atoms with van der Waals surface area (Å²) in [6.45, 7) is 0.842. The summed E-state index contributed by atoms with van der Waals surface area (Å²) in [5, 5.41) is 3.28. The van der Waals surface area contributed by atoms with Crippen molar-refractivity contribution in [1.82, 2.24) is 4.90 Å². The molecule has 0 unspecified atom stereocenters. The highest BCUT2D eigenvalue weighted by atomic mass is 35.5. The minimum Gasteiger partial charge on any atom is -0.495 e. The molecule has 1 fully saturated rings. The molecule has 1 aliphatic rings. The summed E-state index contributed by atoms with van der Waals surface area (Å²) >= 11 is 6.12. The van der Waals surface area contributed by atoms with Crippen LogP contribution in [0.1, 0.15) is 28.8 Å². The molecule has 0 heterocycles. The van der Waals surface area contributed by atoms with Crippen LogP contribution in [0.2, 0.25) is 5.02 Å². The van der Waals surface area contributed by atoms with Gasteiger partial charge in [0.2, 0.25) is 11.8 Å². The van der Waals surface area contributed by atoms with Gasteiger partial charge < -0.3 is 20.5 Å². The van der Waals surface area contributed by atoms with Crippen LogP contribution in [0, 0.1) is 0 Å². The van der Waals surface area contributed by atoms with Crippen LogP contribution in [-0.4, -0.2) is 43.5 Å². The topological polar surface area (TPSA) is 93.9 Å². The molecule has 0 saturated heterocycles. The van der Waals surface area contributed by atoms with E-state index in [0.717, 1.165) is 18.4 Å². The number of amides is 2. The quantitative estimate of drug-likeness (QED) is 0.654. The van der Waals surface area contributed by atoms with Gasteiger partial charge in [-0.25, -0.2) is 0 Å². The molecule has 7 nitrogen and oxygen atoms in total. The minimum atomic E-state index is -0.456. The molecular weight excluding hydrogens is 394 g/mol. The van der Waals surface area contributed by atoms with Crippen molar-refractivity contribution in [3.05, 3.63) is 52.5 Å². The maximum atomic E-state index is 12.7. The number of carbonyl (C=O) groups is 2. The fraction of sp³-hybridized carbons (Fsp3) is 0.333. The average molecular weight is 418 g/mol. The highest BCUT2D eigenvalue weighted by Gasteiger charge is 2.30. The van der Waals surface area contributed by atoms with Crippen molar-refractivity contribution in [1.29, 1.82) is 0 Å². The van der Waals surface area contributed by atoms with Gasteiger partial charge in [0.1, 0.15) is 11.5 Å². The van der Waals surface area contributed by atoms with Crippen molar-refractivity contribution in [3.63, 3.8) is 0 Å². The van der Waals surface area contributed by atoms with E-state index >= 15 is 0 Å². The SMILES string of the molecule is COc1cc(NC(=O)CN(Cc2ccc(C(N)=O)cc2)C2CC2)c(OC)cc1Cl. The largest absolute Gasteiger partial charge is 0.495 e. The molecule has 2 aromatic carbocycles. The van der Waals surface area contributed by atoms with Crippen molar-refractivity contribution >= 4 is 29.1 Å². The second-order valence-electron chi connectivity index (χ2n) is 6.93. The molecule has 0 bridgehead atoms. The van der Waals surface area contributed by atoms with Crippen LogP contribution < -0.4 is 20.5 Å². The number of nitrogens with two attached hydrogens (primary N) is 1. The van der Waals surface area contributed by atoms with E-state index in [1.165, 1.54) is 14.2 Å². The summed E-state index contributed by atoms with van der Waals surface area (Å²) in [5.41, 5.74) is 7.27. The molecule has 154 valence electrons. The fourth-order valence-electron chi connectivity index (χ4n) is 3.10. The van der Waals surface area contributed by atoms with Gasteiger partial charge in [0.25, 0.3) is 0 Å². The summed E-state index contributed by atoms with van der Waals surface area (Å²) in [6, 6.07) is 10.7. The Bertz CT molecular complexity index is 898. The van der Waals surface area contributed by atoms with Crippen molar-refractivity contribution in [2.75, 3.05) is 26.1 Å². The number of hydrogen-bond donors (Lipinski definition) is 2. The number of primary amides is 1. The van der Waals surface area contributed by atoms with Crippen LogP contribution in [0.5, 0.6) is 11.5 Å². The van der Waals surface area contributed by atoms with Gasteiger partial charge in [-0.3, -0.25) is 14.5 Å². The van der Waals surface area contributed by atoms with E-state index in [-0.39, 0.29) is 12.5 Å². The van der Waals surface area contributed by atoms with Gasteiger partial charge >= 0.3 is 0 Å². The Morgan fingerprint density at radius 3 is 2.34 bits per heavy atom. The van der Waals surface area contributed by atoms with E-state index < -0.39 is 5.91 Å². The van der Waals surface area contributed by atoms with Gasteiger partial charge in [0, 0.05) is 30.3 Å². The molecule has 29 heavy (non-hydrogen) atoms. The van der Waals surface area contributed by atoms with Gasteiger partial charge in [-0.1, -0.05) is 23.7 Å². The first-order valence-corrected chi connectivity index (χ1v) is 9.63. The molecule has 0 aromatic heterocycles. The van der Waals surface area contributed by atoms with E-state index in [2.05, 4.69) is 10.2 Å². The molecule has 2 aromatic rings. The molecule has 0 spiro atoms. The number of hydrogen-bond acceptors (Lipinski definition) is 5. The number of nitrogens with zero attached hydrogens (tertiary/aromatic N) is 1. The molecular formula is C21H24ClN3O4. The third-order valence-electron chi connectivity index (χ3n) is 4.78. The molecule has 3 N–H and O–H groups in total. The number of anilines is 1. The molecule has 0 aliphatic heterocycles. The lowest BCUT2D eigenvalue weighted by Crippen LogP contribution is -2.34. The van der Waals surface area contributed by atoms with Gasteiger partial charge in [0.15, 0.2) is 0 Å². The molecule has 1 aliphatic carbocycles. The summed E-state index contributed by atoms with van der Waals surface area (Å²) in [4.78, 5) is 26.0. The first kappa shape index (κ1) is 21.0. The number of ether oxygens (including phenoxy) is 2. The Kier molecular flexibility index (Phi) is 6.61. The van der Waals surface area contributed by atoms with Crippen molar-refractivity contribution in [2.24, 2.45) is 5.73 Å². The number of benzene rings is 2. The van der Waals surface area contributed by atoms with Crippen LogP contribution in [-0.2, 0) is 11.3 Å². The van der Waals surface area contributed by atoms with E-state index in [4.69, 9.17) is 26.8 Å². The van der Waals surface area contributed by atoms with Crippen LogP contribution in [0.4, 0.5) is 5.69 Å². The number of rotatable bonds is 9. The Labute approximate surface area is 174 Å². The summed E-state index contributed by atoms with van der Waals surface area (Å²) in [7, 11) is 3.03. The number of nitrogens with one attached hydrogen (secondary N) is 1. The number of methoxy groups -OCH3 is 2. The summed E-state index contributed by atoms with van der Waals surface area (Å²) in [6.07, 6.45) is 2.12. The third-order valence-corrected chi connectivity index (χ3v) is 5.08. The zero-order valence-electron chi connectivity index (χ0n) is 16.4. The molecule has 0 atom stereocenters. The maximum Gasteiger partial charge on any atom is 0.248 e. The number of carbonyl (C=O) groups excluding carboxylic acids is 2. The fourth-order valence-corrected chi connectivity index (χ4v) is 3.33. The Morgan fingerprint density at radius 2 is 1.79 bits per heavy atom. The lowest BCUT2D eigenvalue weighted by molar-refractivity contribution is -0.117. The standard InChI is InChI=1S/C21H24ClN3O4/c1-28-18-10-17(19(29-2)9-16(18)22)24-20(26)12-25(15-7-8-15)11-13-3-5-14(6-4-13)21(23)27/h3-6,9-10,15H,7-8,11-12H2,1-2H3,(H2,23,27)(H,24,26). The zero-order valence-corrected chi connectivity index (χ0v) is 17.2. The van der Waals surface area contributed by atoms with Gasteiger partial charge in [0.05, 0.1) is 31.5 Å². The minimum absolute atomic E-state index is 0.159. The number of halogens is 1. The van der Waals surface area contributed by atoms with E-state index in [9.17, 15) is 9.59 Å². The van der Waals surface area contributed by atoms with Crippen molar-refractivity contribution < 1.29 is 19.1 Å². The van der Waals surface area contributed by atoms with Crippen LogP contribution in [0.25, 0.3) is 0 Å². The molecule has 0 radical (unpaired) electrons. The van der Waals surface area contributed by atoms with Gasteiger partial charge in [-0.2, -0.15) is 0 Å². The predicted molar refractivity (Wildman–Crippen MR) is 112 cm³/mol. The van der Waals surface area contributed by atoms with E-state index in [1.54, 1.807) is 24.3 Å². The van der Waals surface area contributed by atoms with Crippen LogP contribution in [0.15, 0.2) is 36.4 Å². The summed E-state index contributed by atoms with van der Waals surface area (Å²) in [5.74, 6) is 0.302. The molecule has 2 amide bonds. The average Bonchev–Trinajstić information content (AvgIpc) is 3.54. The Hall–Kier alpha value is -2.77. The third kappa shape index (κ3) is 5.40. The van der Waals surface area contributed by atoms with Crippen LogP contribution >= 0.6 is 11.6 Å². The molecule has 1 saturated carbocycles. The van der Waals surface area contributed by atoms with Crippen LogP contribution in [0.3, 0.4) is 0 Å². The first-order valence-electron chi connectivity index (χ1n) is 9.25. The maximum absolute atomic E-state index is 12.7. The second kappa shape index (κ2) is 9.15. The van der Waals surface area contributed by atoms with E-state index in [1.807, 2.05) is 12.1 Å². The second-order valence-corrected chi connectivity index (χ2v) is 7.34. The monoisotopic (exact) mass is 417 g/mol. The summed E-state index contributed by atoms with van der Waals surface area (Å²) < 4.78 is 10.5. The normalized spacial score (nSPS) is 13.2. The zero-order chi connectivity index (χ0) is 21.0. The predicted octanol–water partition coefficient (Wildman–Crippen LogP) is 3.06. The Morgan fingerprint density at radius 1 is 1.14 bits per heavy atom. The smallest absolute Gasteiger partial charge is 0.248 e. The Balaban J connectivity index is 1.68. The highest BCUT2D eigenvalue weighted by molar-refractivity contribution is 6.32. The molecule has 3 rings (SSSR count). The van der Waals surface area contributed by atoms with E-state index in [0.29, 0.717) is 40.4 Å². The lowest BCUT2D eigenvalue weighted by Gasteiger charge is -2.22. The molecule has 8 heteroatoms. The van der Waals surface area contributed by atoms with Gasteiger partial charge in [-0.15, -0.1) is 0 Å².